The van der Waals surface area contributed by atoms with Gasteiger partial charge in [-0.1, -0.05) is 35.9 Å². The van der Waals surface area contributed by atoms with Crippen molar-refractivity contribution in [2.45, 2.75) is 6.61 Å². The monoisotopic (exact) mass is 380 g/mol. The highest BCUT2D eigenvalue weighted by Crippen LogP contribution is 2.21. The quantitative estimate of drug-likeness (QED) is 0.636. The average Bonchev–Trinajstić information content (AvgIpc) is 2.68. The summed E-state index contributed by atoms with van der Waals surface area (Å²) in [6, 6.07) is 22.3. The third-order valence-electron chi connectivity index (χ3n) is 4.09. The van der Waals surface area contributed by atoms with Gasteiger partial charge in [-0.2, -0.15) is 0 Å². The van der Waals surface area contributed by atoms with Crippen LogP contribution in [0.2, 0.25) is 5.02 Å². The number of benzene rings is 3. The second kappa shape index (κ2) is 8.60. The smallest absolute Gasteiger partial charge is 0.255 e. The van der Waals surface area contributed by atoms with Crippen molar-refractivity contribution >= 4 is 28.9 Å². The second-order valence-electron chi connectivity index (χ2n) is 6.30. The Morgan fingerprint density at radius 3 is 2.44 bits per heavy atom. The van der Waals surface area contributed by atoms with Gasteiger partial charge in [0, 0.05) is 41.6 Å². The van der Waals surface area contributed by atoms with Crippen LogP contribution in [0.25, 0.3) is 0 Å². The number of carbonyl (C=O) groups excluding carboxylic acids is 1. The minimum atomic E-state index is -0.184. The van der Waals surface area contributed by atoms with Gasteiger partial charge >= 0.3 is 0 Å². The summed E-state index contributed by atoms with van der Waals surface area (Å²) in [7, 11) is 3.95. The standard InChI is InChI=1S/C22H21ClN2O2/c1-25(2)19-12-10-18(11-13-19)24-22(26)16-7-5-8-20(14-16)27-15-17-6-3-4-9-21(17)23/h3-14H,15H2,1-2H3,(H,24,26). The molecule has 0 aromatic heterocycles. The van der Waals surface area contributed by atoms with Gasteiger partial charge in [0.2, 0.25) is 0 Å². The summed E-state index contributed by atoms with van der Waals surface area (Å²) in [6.45, 7) is 0.344. The number of nitrogens with zero attached hydrogens (tertiary/aromatic N) is 1. The Hall–Kier alpha value is -2.98. The van der Waals surface area contributed by atoms with E-state index in [0.29, 0.717) is 22.9 Å². The molecule has 27 heavy (non-hydrogen) atoms. The Morgan fingerprint density at radius 1 is 1.00 bits per heavy atom. The number of amides is 1. The van der Waals surface area contributed by atoms with Gasteiger partial charge in [0.25, 0.3) is 5.91 Å². The van der Waals surface area contributed by atoms with Gasteiger partial charge in [-0.15, -0.1) is 0 Å². The van der Waals surface area contributed by atoms with E-state index in [1.54, 1.807) is 18.2 Å². The molecule has 0 saturated heterocycles. The molecule has 0 radical (unpaired) electrons. The lowest BCUT2D eigenvalue weighted by Gasteiger charge is -2.13. The largest absolute Gasteiger partial charge is 0.489 e. The zero-order valence-corrected chi connectivity index (χ0v) is 16.0. The predicted octanol–water partition coefficient (Wildman–Crippen LogP) is 5.24. The number of hydrogen-bond acceptors (Lipinski definition) is 3. The van der Waals surface area contributed by atoms with Crippen molar-refractivity contribution < 1.29 is 9.53 Å². The lowest BCUT2D eigenvalue weighted by Crippen LogP contribution is -2.12. The summed E-state index contributed by atoms with van der Waals surface area (Å²) >= 11 is 6.15. The van der Waals surface area contributed by atoms with Crippen LogP contribution in [0.15, 0.2) is 72.8 Å². The Kier molecular flexibility index (Phi) is 5.99. The molecule has 4 nitrogen and oxygen atoms in total. The van der Waals surface area contributed by atoms with Gasteiger partial charge in [0.15, 0.2) is 0 Å². The van der Waals surface area contributed by atoms with Gasteiger partial charge in [-0.25, -0.2) is 0 Å². The fourth-order valence-corrected chi connectivity index (χ4v) is 2.74. The molecule has 0 bridgehead atoms. The predicted molar refractivity (Wildman–Crippen MR) is 111 cm³/mol. The Balaban J connectivity index is 1.65. The van der Waals surface area contributed by atoms with E-state index in [1.165, 1.54) is 0 Å². The molecule has 0 fully saturated rings. The summed E-state index contributed by atoms with van der Waals surface area (Å²) in [5.74, 6) is 0.432. The number of halogens is 1. The fourth-order valence-electron chi connectivity index (χ4n) is 2.55. The molecule has 1 amide bonds. The first-order valence-corrected chi connectivity index (χ1v) is 8.96. The molecule has 3 aromatic rings. The normalized spacial score (nSPS) is 10.3. The van der Waals surface area contributed by atoms with E-state index in [4.69, 9.17) is 16.3 Å². The molecule has 0 spiro atoms. The molecular formula is C22H21ClN2O2. The lowest BCUT2D eigenvalue weighted by molar-refractivity contribution is 0.102. The number of carbonyl (C=O) groups is 1. The Labute approximate surface area is 164 Å². The van der Waals surface area contributed by atoms with Crippen molar-refractivity contribution in [1.29, 1.82) is 0 Å². The van der Waals surface area contributed by atoms with Gasteiger partial charge in [-0.05, 0) is 48.5 Å². The van der Waals surface area contributed by atoms with E-state index in [2.05, 4.69) is 5.32 Å². The minimum Gasteiger partial charge on any atom is -0.489 e. The molecule has 0 saturated carbocycles. The van der Waals surface area contributed by atoms with E-state index < -0.39 is 0 Å². The topological polar surface area (TPSA) is 41.6 Å². The highest BCUT2D eigenvalue weighted by molar-refractivity contribution is 6.31. The maximum Gasteiger partial charge on any atom is 0.255 e. The highest BCUT2D eigenvalue weighted by atomic mass is 35.5. The Morgan fingerprint density at radius 2 is 1.74 bits per heavy atom. The number of hydrogen-bond donors (Lipinski definition) is 1. The van der Waals surface area contributed by atoms with Crippen molar-refractivity contribution in [2.75, 3.05) is 24.3 Å². The van der Waals surface area contributed by atoms with E-state index in [1.807, 2.05) is 73.6 Å². The SMILES string of the molecule is CN(C)c1ccc(NC(=O)c2cccc(OCc3ccccc3Cl)c2)cc1. The van der Waals surface area contributed by atoms with Crippen LogP contribution < -0.4 is 15.0 Å². The molecule has 5 heteroatoms. The van der Waals surface area contributed by atoms with Crippen molar-refractivity contribution in [3.05, 3.63) is 88.9 Å². The number of ether oxygens (including phenoxy) is 1. The zero-order chi connectivity index (χ0) is 19.2. The van der Waals surface area contributed by atoms with Gasteiger partial charge in [-0.3, -0.25) is 4.79 Å². The zero-order valence-electron chi connectivity index (χ0n) is 15.3. The van der Waals surface area contributed by atoms with Gasteiger partial charge in [0.1, 0.15) is 12.4 Å². The lowest BCUT2D eigenvalue weighted by atomic mass is 10.2. The molecule has 1 N–H and O–H groups in total. The highest BCUT2D eigenvalue weighted by Gasteiger charge is 2.08. The molecule has 0 atom stereocenters. The molecule has 0 aliphatic carbocycles. The van der Waals surface area contributed by atoms with Crippen LogP contribution in [-0.2, 0) is 6.61 Å². The van der Waals surface area contributed by atoms with E-state index in [-0.39, 0.29) is 5.91 Å². The van der Waals surface area contributed by atoms with Gasteiger partial charge < -0.3 is 15.0 Å². The number of rotatable bonds is 6. The molecule has 0 heterocycles. The van der Waals surface area contributed by atoms with Gasteiger partial charge in [0.05, 0.1) is 0 Å². The number of nitrogens with one attached hydrogen (secondary N) is 1. The van der Waals surface area contributed by atoms with Crippen LogP contribution in [0.1, 0.15) is 15.9 Å². The maximum absolute atomic E-state index is 12.5. The summed E-state index contributed by atoms with van der Waals surface area (Å²) in [5.41, 5.74) is 3.24. The van der Waals surface area contributed by atoms with Crippen LogP contribution in [0, 0.1) is 0 Å². The van der Waals surface area contributed by atoms with E-state index in [0.717, 1.165) is 16.9 Å². The van der Waals surface area contributed by atoms with Crippen LogP contribution in [0.5, 0.6) is 5.75 Å². The van der Waals surface area contributed by atoms with Crippen LogP contribution in [0.4, 0.5) is 11.4 Å². The van der Waals surface area contributed by atoms with Crippen LogP contribution in [-0.4, -0.2) is 20.0 Å². The molecule has 0 aliphatic heterocycles. The second-order valence-corrected chi connectivity index (χ2v) is 6.71. The van der Waals surface area contributed by atoms with Crippen molar-refractivity contribution in [3.63, 3.8) is 0 Å². The maximum atomic E-state index is 12.5. The molecule has 138 valence electrons. The first-order chi connectivity index (χ1) is 13.0. The third-order valence-corrected chi connectivity index (χ3v) is 4.46. The summed E-state index contributed by atoms with van der Waals surface area (Å²) in [4.78, 5) is 14.5. The Bertz CT molecular complexity index is 924. The molecule has 3 aromatic carbocycles. The average molecular weight is 381 g/mol. The molecule has 0 unspecified atom stereocenters. The summed E-state index contributed by atoms with van der Waals surface area (Å²) < 4.78 is 5.79. The summed E-state index contributed by atoms with van der Waals surface area (Å²) in [6.07, 6.45) is 0. The molecule has 3 rings (SSSR count). The van der Waals surface area contributed by atoms with Crippen molar-refractivity contribution in [1.82, 2.24) is 0 Å². The van der Waals surface area contributed by atoms with Crippen LogP contribution >= 0.6 is 11.6 Å². The first-order valence-electron chi connectivity index (χ1n) is 8.58. The molecule has 0 aliphatic rings. The third kappa shape index (κ3) is 5.02. The van der Waals surface area contributed by atoms with E-state index >= 15 is 0 Å². The first kappa shape index (κ1) is 18.8. The van der Waals surface area contributed by atoms with Crippen molar-refractivity contribution in [3.8, 4) is 5.75 Å². The minimum absolute atomic E-state index is 0.184. The van der Waals surface area contributed by atoms with Crippen LogP contribution in [0.3, 0.4) is 0 Å². The number of anilines is 2. The van der Waals surface area contributed by atoms with Crippen molar-refractivity contribution in [2.24, 2.45) is 0 Å². The fraction of sp³-hybridized carbons (Fsp3) is 0.136. The molecular weight excluding hydrogens is 360 g/mol. The van der Waals surface area contributed by atoms with E-state index in [9.17, 15) is 4.79 Å². The summed E-state index contributed by atoms with van der Waals surface area (Å²) in [5, 5.41) is 3.56.